The Morgan fingerprint density at radius 2 is 2.44 bits per heavy atom. The lowest BCUT2D eigenvalue weighted by atomic mass is 10.1. The molecule has 1 saturated heterocycles. The molecular formula is C13H19NO3S. The molecule has 0 radical (unpaired) electrons. The predicted octanol–water partition coefficient (Wildman–Crippen LogP) is 2.38. The molecule has 100 valence electrons. The van der Waals surface area contributed by atoms with Gasteiger partial charge in [-0.3, -0.25) is 4.79 Å². The molecule has 2 unspecified atom stereocenters. The van der Waals surface area contributed by atoms with Crippen molar-refractivity contribution in [2.75, 3.05) is 12.8 Å². The number of furan rings is 1. The highest BCUT2D eigenvalue weighted by atomic mass is 32.2. The van der Waals surface area contributed by atoms with Crippen molar-refractivity contribution < 1.29 is 14.3 Å². The smallest absolute Gasteiger partial charge is 0.289 e. The van der Waals surface area contributed by atoms with Crippen molar-refractivity contribution >= 4 is 17.7 Å². The van der Waals surface area contributed by atoms with Gasteiger partial charge in [0, 0.05) is 12.6 Å². The maximum atomic E-state index is 12.3. The summed E-state index contributed by atoms with van der Waals surface area (Å²) in [6, 6.07) is 3.68. The van der Waals surface area contributed by atoms with E-state index in [1.165, 1.54) is 11.8 Å². The third kappa shape index (κ3) is 2.90. The van der Waals surface area contributed by atoms with E-state index in [1.807, 2.05) is 17.2 Å². The Labute approximate surface area is 111 Å². The van der Waals surface area contributed by atoms with E-state index in [4.69, 9.17) is 4.42 Å². The van der Waals surface area contributed by atoms with Crippen molar-refractivity contribution in [1.29, 1.82) is 0 Å². The second kappa shape index (κ2) is 5.80. The van der Waals surface area contributed by atoms with E-state index in [2.05, 4.69) is 0 Å². The maximum absolute atomic E-state index is 12.3. The lowest BCUT2D eigenvalue weighted by Crippen LogP contribution is -2.37. The lowest BCUT2D eigenvalue weighted by molar-refractivity contribution is 0.0645. The fourth-order valence-corrected chi connectivity index (χ4v) is 2.81. The van der Waals surface area contributed by atoms with Gasteiger partial charge in [0.05, 0.1) is 6.10 Å². The Morgan fingerprint density at radius 3 is 3.06 bits per heavy atom. The molecule has 18 heavy (non-hydrogen) atoms. The van der Waals surface area contributed by atoms with Crippen LogP contribution in [0.2, 0.25) is 0 Å². The van der Waals surface area contributed by atoms with Crippen LogP contribution in [0.25, 0.3) is 0 Å². The minimum Gasteiger partial charge on any atom is -0.445 e. The fraction of sp³-hybridized carbons (Fsp3) is 0.615. The summed E-state index contributed by atoms with van der Waals surface area (Å²) >= 11 is 1.48. The second-order valence-electron chi connectivity index (χ2n) is 4.70. The van der Waals surface area contributed by atoms with E-state index in [0.717, 1.165) is 24.5 Å². The Bertz CT molecular complexity index is 416. The van der Waals surface area contributed by atoms with Gasteiger partial charge in [-0.05, 0) is 44.6 Å². The quantitative estimate of drug-likeness (QED) is 0.853. The molecule has 0 spiro atoms. The molecule has 0 aromatic carbocycles. The summed E-state index contributed by atoms with van der Waals surface area (Å²) in [5.41, 5.74) is 0. The number of amides is 1. The van der Waals surface area contributed by atoms with Crippen LogP contribution in [0, 0.1) is 0 Å². The third-order valence-electron chi connectivity index (χ3n) is 3.24. The zero-order valence-corrected chi connectivity index (χ0v) is 11.6. The zero-order chi connectivity index (χ0) is 13.1. The minimum absolute atomic E-state index is 0.0570. The molecule has 1 aliphatic heterocycles. The van der Waals surface area contributed by atoms with E-state index < -0.39 is 0 Å². The van der Waals surface area contributed by atoms with Gasteiger partial charge in [0.2, 0.25) is 0 Å². The summed E-state index contributed by atoms with van der Waals surface area (Å²) in [6.45, 7) is 2.52. The Kier molecular flexibility index (Phi) is 4.35. The Morgan fingerprint density at radius 1 is 1.67 bits per heavy atom. The molecule has 0 aliphatic carbocycles. The van der Waals surface area contributed by atoms with Crippen molar-refractivity contribution in [3.05, 3.63) is 17.9 Å². The average Bonchev–Trinajstić information content (AvgIpc) is 2.95. The normalized spacial score (nSPS) is 21.3. The van der Waals surface area contributed by atoms with Gasteiger partial charge in [-0.25, -0.2) is 0 Å². The number of thioether (sulfide) groups is 1. The van der Waals surface area contributed by atoms with Crippen LogP contribution in [-0.4, -0.2) is 40.9 Å². The van der Waals surface area contributed by atoms with Crippen molar-refractivity contribution in [3.63, 3.8) is 0 Å². The molecule has 0 bridgehead atoms. The van der Waals surface area contributed by atoms with E-state index >= 15 is 0 Å². The third-order valence-corrected chi connectivity index (χ3v) is 3.87. The first-order valence-electron chi connectivity index (χ1n) is 6.24. The van der Waals surface area contributed by atoms with Crippen molar-refractivity contribution in [1.82, 2.24) is 4.90 Å². The topological polar surface area (TPSA) is 53.7 Å². The van der Waals surface area contributed by atoms with Gasteiger partial charge in [-0.2, -0.15) is 0 Å². The summed E-state index contributed by atoms with van der Waals surface area (Å²) in [6.07, 6.45) is 4.15. The molecule has 1 N–H and O–H groups in total. The number of rotatable bonds is 4. The van der Waals surface area contributed by atoms with Crippen molar-refractivity contribution in [2.24, 2.45) is 0 Å². The van der Waals surface area contributed by atoms with Crippen molar-refractivity contribution in [2.45, 2.75) is 43.4 Å². The van der Waals surface area contributed by atoms with Gasteiger partial charge < -0.3 is 14.4 Å². The maximum Gasteiger partial charge on any atom is 0.289 e. The number of carbonyl (C=O) groups excluding carboxylic acids is 1. The second-order valence-corrected chi connectivity index (χ2v) is 5.51. The van der Waals surface area contributed by atoms with Crippen LogP contribution >= 0.6 is 11.8 Å². The van der Waals surface area contributed by atoms with E-state index in [9.17, 15) is 9.90 Å². The molecule has 1 aromatic rings. The molecule has 1 amide bonds. The molecule has 5 heteroatoms. The first-order valence-corrected chi connectivity index (χ1v) is 7.47. The molecule has 1 aliphatic rings. The van der Waals surface area contributed by atoms with Crippen LogP contribution in [0.4, 0.5) is 0 Å². The van der Waals surface area contributed by atoms with Gasteiger partial charge in [0.1, 0.15) is 0 Å². The first-order chi connectivity index (χ1) is 8.61. The summed E-state index contributed by atoms with van der Waals surface area (Å²) in [5, 5.41) is 10.2. The van der Waals surface area contributed by atoms with E-state index in [1.54, 1.807) is 13.0 Å². The SMILES string of the molecule is CSc1ccc(C(=O)N2CCCC2CC(C)O)o1. The Hall–Kier alpha value is -0.940. The largest absolute Gasteiger partial charge is 0.445 e. The van der Waals surface area contributed by atoms with Crippen molar-refractivity contribution in [3.8, 4) is 0 Å². The summed E-state index contributed by atoms with van der Waals surface area (Å²) in [7, 11) is 0. The molecule has 0 saturated carbocycles. The number of hydrogen-bond acceptors (Lipinski definition) is 4. The number of nitrogens with zero attached hydrogens (tertiary/aromatic N) is 1. The van der Waals surface area contributed by atoms with Gasteiger partial charge >= 0.3 is 0 Å². The predicted molar refractivity (Wildman–Crippen MR) is 70.8 cm³/mol. The molecule has 1 aromatic heterocycles. The van der Waals surface area contributed by atoms with Gasteiger partial charge in [-0.1, -0.05) is 11.8 Å². The molecule has 2 rings (SSSR count). The zero-order valence-electron chi connectivity index (χ0n) is 10.8. The monoisotopic (exact) mass is 269 g/mol. The van der Waals surface area contributed by atoms with Crippen LogP contribution in [0.5, 0.6) is 0 Å². The Balaban J connectivity index is 2.07. The van der Waals surface area contributed by atoms with Gasteiger partial charge in [-0.15, -0.1) is 0 Å². The fourth-order valence-electron chi connectivity index (χ4n) is 2.43. The van der Waals surface area contributed by atoms with Crippen LogP contribution in [0.1, 0.15) is 36.7 Å². The molecule has 2 atom stereocenters. The lowest BCUT2D eigenvalue weighted by Gasteiger charge is -2.24. The first kappa shape index (κ1) is 13.5. The highest BCUT2D eigenvalue weighted by Crippen LogP contribution is 2.25. The van der Waals surface area contributed by atoms with Crippen LogP contribution in [0.3, 0.4) is 0 Å². The van der Waals surface area contributed by atoms with Gasteiger partial charge in [0.15, 0.2) is 10.9 Å². The number of hydrogen-bond donors (Lipinski definition) is 1. The molecule has 4 nitrogen and oxygen atoms in total. The van der Waals surface area contributed by atoms with E-state index in [-0.39, 0.29) is 18.1 Å². The van der Waals surface area contributed by atoms with Gasteiger partial charge in [0.25, 0.3) is 5.91 Å². The summed E-state index contributed by atoms with van der Waals surface area (Å²) in [5.74, 6) is 0.343. The number of aliphatic hydroxyl groups is 1. The number of carbonyl (C=O) groups is 1. The standard InChI is InChI=1S/C13H19NO3S/c1-9(15)8-10-4-3-7-14(10)13(16)11-5-6-12(17-11)18-2/h5-6,9-10,15H,3-4,7-8H2,1-2H3. The highest BCUT2D eigenvalue weighted by molar-refractivity contribution is 7.98. The van der Waals surface area contributed by atoms with Crippen LogP contribution in [0.15, 0.2) is 21.6 Å². The molecule has 2 heterocycles. The number of likely N-dealkylation sites (tertiary alicyclic amines) is 1. The van der Waals surface area contributed by atoms with Crippen LogP contribution in [-0.2, 0) is 0 Å². The average molecular weight is 269 g/mol. The highest BCUT2D eigenvalue weighted by Gasteiger charge is 2.31. The molecule has 1 fully saturated rings. The number of aliphatic hydroxyl groups excluding tert-OH is 1. The summed E-state index contributed by atoms with van der Waals surface area (Å²) in [4.78, 5) is 14.1. The minimum atomic E-state index is -0.373. The van der Waals surface area contributed by atoms with Crippen LogP contribution < -0.4 is 0 Å². The molecular weight excluding hydrogens is 250 g/mol. The van der Waals surface area contributed by atoms with E-state index in [0.29, 0.717) is 12.2 Å². The summed E-state index contributed by atoms with van der Waals surface area (Å²) < 4.78 is 5.47.